The number of rotatable bonds is 5. The summed E-state index contributed by atoms with van der Waals surface area (Å²) in [7, 11) is 0. The highest BCUT2D eigenvalue weighted by Crippen LogP contribution is 2.36. The molecule has 0 unspecified atom stereocenters. The lowest BCUT2D eigenvalue weighted by atomic mass is 10.1. The van der Waals surface area contributed by atoms with Gasteiger partial charge in [0.15, 0.2) is 11.9 Å². The lowest BCUT2D eigenvalue weighted by Crippen LogP contribution is -2.35. The maximum atomic E-state index is 12.6. The molecule has 0 aliphatic carbocycles. The summed E-state index contributed by atoms with van der Waals surface area (Å²) in [4.78, 5) is 35.8. The summed E-state index contributed by atoms with van der Waals surface area (Å²) in [6, 6.07) is 11.8. The molecule has 2 aromatic carbocycles. The van der Waals surface area contributed by atoms with Crippen LogP contribution in [0.15, 0.2) is 52.5 Å². The molecule has 1 aliphatic heterocycles. The van der Waals surface area contributed by atoms with Gasteiger partial charge in [-0.1, -0.05) is 29.8 Å². The molecule has 1 fully saturated rings. The Kier molecular flexibility index (Phi) is 5.71. The summed E-state index contributed by atoms with van der Waals surface area (Å²) in [6.45, 7) is 1.38. The van der Waals surface area contributed by atoms with Crippen molar-refractivity contribution in [2.75, 3.05) is 5.01 Å². The molecular formula is C19H14BrClN2O5. The second-order valence-electron chi connectivity index (χ2n) is 5.89. The molecule has 0 radical (unpaired) electrons. The number of para-hydroxylation sites is 1. The van der Waals surface area contributed by atoms with E-state index in [4.69, 9.17) is 21.4 Å². The number of carbonyl (C=O) groups is 3. The van der Waals surface area contributed by atoms with Crippen LogP contribution in [0.5, 0.6) is 5.75 Å². The van der Waals surface area contributed by atoms with Gasteiger partial charge < -0.3 is 9.84 Å². The van der Waals surface area contributed by atoms with Crippen LogP contribution in [0.1, 0.15) is 12.5 Å². The van der Waals surface area contributed by atoms with Crippen molar-refractivity contribution in [2.45, 2.75) is 13.0 Å². The number of nitrogens with zero attached hydrogens (tertiary/aromatic N) is 1. The summed E-state index contributed by atoms with van der Waals surface area (Å²) in [5.41, 5.74) is 3.46. The van der Waals surface area contributed by atoms with Crippen LogP contribution in [0.25, 0.3) is 6.08 Å². The second kappa shape index (κ2) is 8.04. The lowest BCUT2D eigenvalue weighted by Gasteiger charge is -2.14. The van der Waals surface area contributed by atoms with Crippen LogP contribution >= 0.6 is 27.5 Å². The number of benzene rings is 2. The molecule has 28 heavy (non-hydrogen) atoms. The highest BCUT2D eigenvalue weighted by atomic mass is 79.9. The molecule has 1 atom stereocenters. The molecule has 144 valence electrons. The molecule has 1 heterocycles. The molecule has 1 aliphatic rings. The minimum atomic E-state index is -1.14. The fourth-order valence-corrected chi connectivity index (χ4v) is 3.44. The van der Waals surface area contributed by atoms with Gasteiger partial charge in [-0.2, -0.15) is 0 Å². The van der Waals surface area contributed by atoms with Crippen molar-refractivity contribution in [1.29, 1.82) is 0 Å². The Morgan fingerprint density at radius 3 is 2.57 bits per heavy atom. The first-order valence-corrected chi connectivity index (χ1v) is 9.25. The van der Waals surface area contributed by atoms with Crippen molar-refractivity contribution in [3.8, 4) is 5.75 Å². The van der Waals surface area contributed by atoms with E-state index in [-0.39, 0.29) is 16.3 Å². The molecule has 0 spiro atoms. The molecule has 2 amide bonds. The van der Waals surface area contributed by atoms with Crippen molar-refractivity contribution in [3.63, 3.8) is 0 Å². The largest absolute Gasteiger partial charge is 0.479 e. The summed E-state index contributed by atoms with van der Waals surface area (Å²) in [5.74, 6) is -2.01. The summed E-state index contributed by atoms with van der Waals surface area (Å²) < 4.78 is 5.72. The predicted octanol–water partition coefficient (Wildman–Crippen LogP) is 3.42. The normalized spacial score (nSPS) is 16.2. The van der Waals surface area contributed by atoms with Gasteiger partial charge in [-0.25, -0.2) is 9.80 Å². The minimum absolute atomic E-state index is 0.0561. The molecule has 2 N–H and O–H groups in total. The average Bonchev–Trinajstić information content (AvgIpc) is 2.93. The average molecular weight is 466 g/mol. The molecule has 1 saturated heterocycles. The standard InChI is InChI=1S/C19H14BrClN2O5/c1-10(19(26)27)28-16-14(20)8-11(9-15(16)21)7-13-17(24)22-23(18(13)25)12-5-3-2-4-6-12/h2-10H,1H3,(H,22,24)(H,26,27)/b13-7-/t10-/m0/s1. The number of halogens is 2. The van der Waals surface area contributed by atoms with Crippen LogP contribution in [0.2, 0.25) is 5.02 Å². The fourth-order valence-electron chi connectivity index (χ4n) is 2.49. The third kappa shape index (κ3) is 4.02. The Balaban J connectivity index is 1.90. The van der Waals surface area contributed by atoms with Gasteiger partial charge in [-0.15, -0.1) is 0 Å². The first-order chi connectivity index (χ1) is 13.3. The van der Waals surface area contributed by atoms with Gasteiger partial charge in [0.2, 0.25) is 0 Å². The Morgan fingerprint density at radius 2 is 1.96 bits per heavy atom. The minimum Gasteiger partial charge on any atom is -0.479 e. The summed E-state index contributed by atoms with van der Waals surface area (Å²) >= 11 is 9.47. The molecule has 7 nitrogen and oxygen atoms in total. The molecular weight excluding hydrogens is 452 g/mol. The maximum absolute atomic E-state index is 12.6. The van der Waals surface area contributed by atoms with E-state index in [1.165, 1.54) is 19.1 Å². The highest BCUT2D eigenvalue weighted by molar-refractivity contribution is 9.10. The third-order valence-electron chi connectivity index (χ3n) is 3.88. The number of anilines is 1. The predicted molar refractivity (Wildman–Crippen MR) is 107 cm³/mol. The summed E-state index contributed by atoms with van der Waals surface area (Å²) in [5, 5.41) is 10.3. The molecule has 9 heteroatoms. The number of carboxylic acid groups (broad SMARTS) is 1. The van der Waals surface area contributed by atoms with E-state index in [9.17, 15) is 14.4 Å². The van der Waals surface area contributed by atoms with E-state index in [2.05, 4.69) is 21.4 Å². The van der Waals surface area contributed by atoms with Crippen LogP contribution in [-0.4, -0.2) is 29.0 Å². The Morgan fingerprint density at radius 1 is 1.29 bits per heavy atom. The number of aliphatic carboxylic acids is 1. The van der Waals surface area contributed by atoms with Crippen molar-refractivity contribution in [1.82, 2.24) is 5.43 Å². The Bertz CT molecular complexity index is 970. The zero-order chi connectivity index (χ0) is 20.4. The van der Waals surface area contributed by atoms with Crippen molar-refractivity contribution in [2.24, 2.45) is 0 Å². The number of hydrogen-bond acceptors (Lipinski definition) is 4. The van der Waals surface area contributed by atoms with E-state index < -0.39 is 23.9 Å². The lowest BCUT2D eigenvalue weighted by molar-refractivity contribution is -0.144. The van der Waals surface area contributed by atoms with Gasteiger partial charge in [0, 0.05) is 0 Å². The molecule has 0 bridgehead atoms. The topological polar surface area (TPSA) is 95.9 Å². The number of amides is 2. The number of carbonyl (C=O) groups excluding carboxylic acids is 2. The van der Waals surface area contributed by atoms with Crippen LogP contribution in [-0.2, 0) is 14.4 Å². The monoisotopic (exact) mass is 464 g/mol. The number of hydrogen-bond donors (Lipinski definition) is 2. The van der Waals surface area contributed by atoms with Crippen LogP contribution in [0, 0.1) is 0 Å². The SMILES string of the molecule is C[C@H](Oc1c(Cl)cc(/C=C2/C(=O)NN(c3ccccc3)C2=O)cc1Br)C(=O)O. The van der Waals surface area contributed by atoms with Crippen molar-refractivity contribution >= 4 is 57.1 Å². The zero-order valence-corrected chi connectivity index (χ0v) is 16.8. The maximum Gasteiger partial charge on any atom is 0.344 e. The van der Waals surface area contributed by atoms with Crippen molar-refractivity contribution < 1.29 is 24.2 Å². The van der Waals surface area contributed by atoms with Crippen molar-refractivity contribution in [3.05, 3.63) is 63.1 Å². The van der Waals surface area contributed by atoms with Crippen LogP contribution in [0.4, 0.5) is 5.69 Å². The quantitative estimate of drug-likeness (QED) is 0.521. The van der Waals surface area contributed by atoms with Gasteiger partial charge in [0.25, 0.3) is 11.8 Å². The Labute approximate surface area is 173 Å². The third-order valence-corrected chi connectivity index (χ3v) is 4.75. The first kappa shape index (κ1) is 19.9. The van der Waals surface area contributed by atoms with Crippen LogP contribution in [0.3, 0.4) is 0 Å². The zero-order valence-electron chi connectivity index (χ0n) is 14.5. The van der Waals surface area contributed by atoms with Gasteiger partial charge in [-0.3, -0.25) is 15.0 Å². The number of carboxylic acids is 1. The second-order valence-corrected chi connectivity index (χ2v) is 7.15. The number of hydrazine groups is 1. The Hall–Kier alpha value is -2.84. The fraction of sp³-hybridized carbons (Fsp3) is 0.105. The summed E-state index contributed by atoms with van der Waals surface area (Å²) in [6.07, 6.45) is 0.307. The van der Waals surface area contributed by atoms with Gasteiger partial charge in [0.1, 0.15) is 5.57 Å². The van der Waals surface area contributed by atoms with Crippen LogP contribution < -0.4 is 15.2 Å². The molecule has 0 aromatic heterocycles. The van der Waals surface area contributed by atoms with Gasteiger partial charge >= 0.3 is 5.97 Å². The van der Waals surface area contributed by atoms with E-state index in [1.54, 1.807) is 36.4 Å². The van der Waals surface area contributed by atoms with Gasteiger partial charge in [-0.05, 0) is 58.8 Å². The number of nitrogens with one attached hydrogen (secondary N) is 1. The first-order valence-electron chi connectivity index (χ1n) is 8.08. The molecule has 0 saturated carbocycles. The molecule has 3 rings (SSSR count). The smallest absolute Gasteiger partial charge is 0.344 e. The molecule has 2 aromatic rings. The van der Waals surface area contributed by atoms with E-state index in [0.717, 1.165) is 5.01 Å². The highest BCUT2D eigenvalue weighted by Gasteiger charge is 2.34. The van der Waals surface area contributed by atoms with E-state index in [1.807, 2.05) is 0 Å². The van der Waals surface area contributed by atoms with Gasteiger partial charge in [0.05, 0.1) is 15.2 Å². The van der Waals surface area contributed by atoms with E-state index >= 15 is 0 Å². The number of ether oxygens (including phenoxy) is 1. The van der Waals surface area contributed by atoms with E-state index in [0.29, 0.717) is 15.7 Å².